The molecule has 1 aliphatic carbocycles. The number of carbonyl (C=O) groups is 6. The average Bonchev–Trinajstić information content (AvgIpc) is 3.14. The van der Waals surface area contributed by atoms with Gasteiger partial charge in [0.1, 0.15) is 24.7 Å². The van der Waals surface area contributed by atoms with Crippen LogP contribution < -0.4 is 21.7 Å². The van der Waals surface area contributed by atoms with Crippen molar-refractivity contribution in [1.29, 1.82) is 0 Å². The van der Waals surface area contributed by atoms with Crippen LogP contribution in [0.25, 0.3) is 0 Å². The van der Waals surface area contributed by atoms with Crippen molar-refractivity contribution in [3.63, 3.8) is 0 Å². The van der Waals surface area contributed by atoms with Gasteiger partial charge in [0.2, 0.25) is 17.6 Å². The van der Waals surface area contributed by atoms with E-state index in [1.807, 2.05) is 13.8 Å². The molecule has 5 amide bonds. The zero-order valence-corrected chi connectivity index (χ0v) is 24.2. The number of primary amides is 1. The van der Waals surface area contributed by atoms with E-state index in [0.717, 1.165) is 0 Å². The topological polar surface area (TPSA) is 177 Å². The third kappa shape index (κ3) is 7.15. The number of rotatable bonds is 10. The Balaban J connectivity index is 2.25. The Morgan fingerprint density at radius 3 is 2.05 bits per heavy atom. The summed E-state index contributed by atoms with van der Waals surface area (Å²) in [7, 11) is 0. The summed E-state index contributed by atoms with van der Waals surface area (Å²) in [4.78, 5) is 76.9. The van der Waals surface area contributed by atoms with Crippen molar-refractivity contribution in [2.75, 3.05) is 19.7 Å². The van der Waals surface area contributed by atoms with E-state index in [2.05, 4.69) is 22.5 Å². The minimum atomic E-state index is -1.16. The van der Waals surface area contributed by atoms with Crippen LogP contribution in [0.3, 0.4) is 0 Å². The number of ether oxygens (including phenoxy) is 1. The van der Waals surface area contributed by atoms with E-state index in [0.29, 0.717) is 6.54 Å². The third-order valence-electron chi connectivity index (χ3n) is 7.57. The Bertz CT molecular complexity index is 1040. The summed E-state index contributed by atoms with van der Waals surface area (Å²) in [5.74, 6) is -3.87. The van der Waals surface area contributed by atoms with Gasteiger partial charge in [-0.1, -0.05) is 68.0 Å². The molecule has 2 aliphatic rings. The van der Waals surface area contributed by atoms with Gasteiger partial charge in [0.05, 0.1) is 6.54 Å². The minimum Gasteiger partial charge on any atom is -0.460 e. The molecule has 0 aromatic carbocycles. The van der Waals surface area contributed by atoms with Crippen molar-refractivity contribution in [2.24, 2.45) is 33.8 Å². The Hall–Kier alpha value is -3.44. The van der Waals surface area contributed by atoms with Crippen molar-refractivity contribution in [2.45, 2.75) is 73.5 Å². The van der Waals surface area contributed by atoms with E-state index in [-0.39, 0.29) is 23.9 Å². The lowest BCUT2D eigenvalue weighted by Crippen LogP contribution is -2.62. The SMILES string of the molecule is C=CCOC(=O)[C@@H](NC(=O)N[C@H](C(=O)N1C[C@H]2[C@@H]([C@H]1C(=O)NCC(=O)C(N)=O)C2(C)C)C(C)(C)C)C(C)(C)C. The molecule has 0 aromatic rings. The van der Waals surface area contributed by atoms with E-state index in [4.69, 9.17) is 10.5 Å². The molecule has 0 aromatic heterocycles. The number of fused-ring (bicyclic) bond motifs is 1. The minimum absolute atomic E-state index is 0.0139. The Labute approximate surface area is 229 Å². The molecule has 5 atom stereocenters. The highest BCUT2D eigenvalue weighted by atomic mass is 16.5. The third-order valence-corrected chi connectivity index (χ3v) is 7.57. The van der Waals surface area contributed by atoms with E-state index < -0.39 is 71.0 Å². The molecule has 0 radical (unpaired) electrons. The summed E-state index contributed by atoms with van der Waals surface area (Å²) in [6, 6.07) is -3.68. The zero-order chi connectivity index (χ0) is 30.1. The van der Waals surface area contributed by atoms with Gasteiger partial charge in [-0.15, -0.1) is 0 Å². The number of likely N-dealkylation sites (tertiary alicyclic amines) is 1. The molecule has 218 valence electrons. The van der Waals surface area contributed by atoms with Crippen molar-refractivity contribution < 1.29 is 33.5 Å². The normalized spacial score (nSPS) is 23.0. The van der Waals surface area contributed by atoms with Gasteiger partial charge in [0, 0.05) is 6.54 Å². The number of nitrogens with one attached hydrogen (secondary N) is 3. The first kappa shape index (κ1) is 31.8. The lowest BCUT2D eigenvalue weighted by Gasteiger charge is -2.38. The number of hydrogen-bond donors (Lipinski definition) is 4. The molecule has 12 nitrogen and oxygen atoms in total. The van der Waals surface area contributed by atoms with Crippen LogP contribution in [0.2, 0.25) is 0 Å². The quantitative estimate of drug-likeness (QED) is 0.174. The number of nitrogens with zero attached hydrogens (tertiary/aromatic N) is 1. The molecule has 1 saturated carbocycles. The summed E-state index contributed by atoms with van der Waals surface area (Å²) in [5.41, 5.74) is 3.34. The van der Waals surface area contributed by atoms with E-state index in [1.54, 1.807) is 41.5 Å². The molecule has 39 heavy (non-hydrogen) atoms. The van der Waals surface area contributed by atoms with Crippen LogP contribution in [-0.4, -0.2) is 78.2 Å². The van der Waals surface area contributed by atoms with Gasteiger partial charge >= 0.3 is 12.0 Å². The molecule has 1 heterocycles. The molecular weight excluding hydrogens is 506 g/mol. The second-order valence-corrected chi connectivity index (χ2v) is 13.0. The van der Waals surface area contributed by atoms with Crippen LogP contribution in [0.5, 0.6) is 0 Å². The Kier molecular flexibility index (Phi) is 9.25. The fourth-order valence-corrected chi connectivity index (χ4v) is 5.14. The second kappa shape index (κ2) is 11.4. The largest absolute Gasteiger partial charge is 0.460 e. The molecule has 1 aliphatic heterocycles. The van der Waals surface area contributed by atoms with Gasteiger partial charge in [-0.25, -0.2) is 9.59 Å². The lowest BCUT2D eigenvalue weighted by atomic mass is 9.85. The number of hydrogen-bond acceptors (Lipinski definition) is 7. The van der Waals surface area contributed by atoms with Gasteiger partial charge in [-0.3, -0.25) is 19.2 Å². The average molecular weight is 550 g/mol. The standard InChI is InChI=1S/C27H43N5O7/c1-10-11-39-23(37)19(26(5,6)7)31-24(38)30-18(25(2,3)4)22(36)32-13-14-16(27(14,8)9)17(32)21(35)29-12-15(33)20(28)34/h10,14,16-19H,1,11-13H2,2-9H3,(H2,28,34)(H,29,35)(H2,30,31,38)/t14-,16-,17-,18+,19+/m0/s1. The summed E-state index contributed by atoms with van der Waals surface area (Å²) in [6.45, 7) is 17.9. The highest BCUT2D eigenvalue weighted by molar-refractivity contribution is 6.36. The number of ketones is 1. The smallest absolute Gasteiger partial charge is 0.329 e. The Morgan fingerprint density at radius 1 is 1.03 bits per heavy atom. The fraction of sp³-hybridized carbons (Fsp3) is 0.704. The van der Waals surface area contributed by atoms with Crippen molar-refractivity contribution in [3.05, 3.63) is 12.7 Å². The zero-order valence-electron chi connectivity index (χ0n) is 24.2. The molecule has 0 unspecified atom stereocenters. The summed E-state index contributed by atoms with van der Waals surface area (Å²) < 4.78 is 5.14. The predicted octanol–water partition coefficient (Wildman–Crippen LogP) is 0.498. The van der Waals surface area contributed by atoms with Gasteiger partial charge in [-0.2, -0.15) is 0 Å². The molecule has 1 saturated heterocycles. The summed E-state index contributed by atoms with van der Waals surface area (Å²) in [5, 5.41) is 7.77. The van der Waals surface area contributed by atoms with Crippen LogP contribution >= 0.6 is 0 Å². The van der Waals surface area contributed by atoms with Gasteiger partial charge in [0.25, 0.3) is 5.91 Å². The maximum Gasteiger partial charge on any atom is 0.329 e. The monoisotopic (exact) mass is 549 g/mol. The van der Waals surface area contributed by atoms with Crippen LogP contribution in [0.4, 0.5) is 4.79 Å². The van der Waals surface area contributed by atoms with Crippen LogP contribution in [0.1, 0.15) is 55.4 Å². The number of Topliss-reactive ketones (excluding diaryl/α,β-unsaturated/α-hetero) is 1. The van der Waals surface area contributed by atoms with E-state index in [9.17, 15) is 28.8 Å². The maximum atomic E-state index is 13.9. The highest BCUT2D eigenvalue weighted by Crippen LogP contribution is 2.65. The molecule has 0 spiro atoms. The van der Waals surface area contributed by atoms with Gasteiger partial charge in [0.15, 0.2) is 0 Å². The number of piperidine rings is 1. The van der Waals surface area contributed by atoms with Crippen molar-refractivity contribution in [3.8, 4) is 0 Å². The molecule has 0 bridgehead atoms. The second-order valence-electron chi connectivity index (χ2n) is 13.0. The maximum absolute atomic E-state index is 13.9. The van der Waals surface area contributed by atoms with Gasteiger partial charge < -0.3 is 31.3 Å². The molecule has 2 fully saturated rings. The lowest BCUT2D eigenvalue weighted by molar-refractivity contribution is -0.147. The summed E-state index contributed by atoms with van der Waals surface area (Å²) in [6.07, 6.45) is 1.42. The first-order valence-electron chi connectivity index (χ1n) is 13.0. The molecule has 12 heteroatoms. The van der Waals surface area contributed by atoms with Crippen LogP contribution in [-0.2, 0) is 28.7 Å². The van der Waals surface area contributed by atoms with Crippen LogP contribution in [0, 0.1) is 28.1 Å². The summed E-state index contributed by atoms with van der Waals surface area (Å²) >= 11 is 0. The van der Waals surface area contributed by atoms with Crippen LogP contribution in [0.15, 0.2) is 12.7 Å². The number of amides is 5. The molecule has 5 N–H and O–H groups in total. The highest BCUT2D eigenvalue weighted by Gasteiger charge is 2.69. The van der Waals surface area contributed by atoms with Crippen molar-refractivity contribution in [1.82, 2.24) is 20.9 Å². The first-order chi connectivity index (χ1) is 17.7. The Morgan fingerprint density at radius 2 is 1.56 bits per heavy atom. The number of esters is 1. The molecule has 2 rings (SSSR count). The predicted molar refractivity (Wildman–Crippen MR) is 143 cm³/mol. The van der Waals surface area contributed by atoms with E-state index >= 15 is 0 Å². The number of carbonyl (C=O) groups excluding carboxylic acids is 6. The van der Waals surface area contributed by atoms with E-state index in [1.165, 1.54) is 11.0 Å². The number of urea groups is 1. The van der Waals surface area contributed by atoms with Gasteiger partial charge in [-0.05, 0) is 28.1 Å². The fourth-order valence-electron chi connectivity index (χ4n) is 5.14. The number of nitrogens with two attached hydrogens (primary N) is 1. The molecular formula is C27H43N5O7. The first-order valence-corrected chi connectivity index (χ1v) is 13.0. The van der Waals surface area contributed by atoms with Crippen molar-refractivity contribution >= 4 is 35.5 Å².